The molecule has 0 aliphatic carbocycles. The fourth-order valence-corrected chi connectivity index (χ4v) is 3.79. The zero-order chi connectivity index (χ0) is 13.9. The molecule has 2 saturated heterocycles. The zero-order valence-corrected chi connectivity index (χ0v) is 13.0. The largest absolute Gasteiger partial charge is 0.317 e. The van der Waals surface area contributed by atoms with Gasteiger partial charge < -0.3 is 10.2 Å². The van der Waals surface area contributed by atoms with E-state index in [4.69, 9.17) is 0 Å². The van der Waals surface area contributed by atoms with Gasteiger partial charge in [-0.2, -0.15) is 0 Å². The second kappa shape index (κ2) is 6.28. The Bertz CT molecular complexity index is 441. The first kappa shape index (κ1) is 14.1. The Morgan fingerprint density at radius 3 is 2.30 bits per heavy atom. The average molecular weight is 272 g/mol. The lowest BCUT2D eigenvalue weighted by atomic mass is 9.87. The Morgan fingerprint density at radius 1 is 0.950 bits per heavy atom. The Balaban J connectivity index is 1.58. The van der Waals surface area contributed by atoms with Crippen molar-refractivity contribution in [1.29, 1.82) is 0 Å². The summed E-state index contributed by atoms with van der Waals surface area (Å²) in [7, 11) is 0. The molecule has 1 aromatic carbocycles. The number of aryl methyl sites for hydroxylation is 2. The van der Waals surface area contributed by atoms with Gasteiger partial charge >= 0.3 is 0 Å². The van der Waals surface area contributed by atoms with Crippen LogP contribution in [0.4, 0.5) is 0 Å². The van der Waals surface area contributed by atoms with Gasteiger partial charge in [-0.05, 0) is 88.3 Å². The topological polar surface area (TPSA) is 15.3 Å². The number of hydrogen-bond acceptors (Lipinski definition) is 2. The quantitative estimate of drug-likeness (QED) is 0.889. The molecule has 1 aromatic rings. The van der Waals surface area contributed by atoms with Crippen LogP contribution in [0.15, 0.2) is 18.2 Å². The predicted octanol–water partition coefficient (Wildman–Crippen LogP) is 3.23. The molecule has 2 heteroatoms. The van der Waals surface area contributed by atoms with Gasteiger partial charge in [0.15, 0.2) is 0 Å². The summed E-state index contributed by atoms with van der Waals surface area (Å²) in [5.41, 5.74) is 4.43. The lowest BCUT2D eigenvalue weighted by Crippen LogP contribution is -2.46. The fraction of sp³-hybridized carbons (Fsp3) is 0.667. The summed E-state index contributed by atoms with van der Waals surface area (Å²) in [6.07, 6.45) is 5.36. The molecule has 0 saturated carbocycles. The molecule has 2 nitrogen and oxygen atoms in total. The van der Waals surface area contributed by atoms with Crippen LogP contribution in [-0.2, 0) is 0 Å². The van der Waals surface area contributed by atoms with Gasteiger partial charge in [-0.3, -0.25) is 0 Å². The highest BCUT2D eigenvalue weighted by molar-refractivity contribution is 5.32. The van der Waals surface area contributed by atoms with Crippen LogP contribution in [0.1, 0.15) is 48.3 Å². The van der Waals surface area contributed by atoms with Gasteiger partial charge in [0.2, 0.25) is 0 Å². The van der Waals surface area contributed by atoms with E-state index < -0.39 is 0 Å². The molecule has 2 heterocycles. The van der Waals surface area contributed by atoms with Crippen molar-refractivity contribution in [3.05, 3.63) is 34.9 Å². The molecule has 2 fully saturated rings. The molecule has 0 radical (unpaired) electrons. The second-order valence-electron chi connectivity index (χ2n) is 6.64. The maximum absolute atomic E-state index is 3.47. The SMILES string of the molecule is Cc1ccc(C2CCN(C3CCNCC3)CC2)cc1C. The van der Waals surface area contributed by atoms with Crippen LogP contribution in [0.2, 0.25) is 0 Å². The van der Waals surface area contributed by atoms with Crippen molar-refractivity contribution >= 4 is 0 Å². The van der Waals surface area contributed by atoms with Crippen LogP contribution < -0.4 is 5.32 Å². The van der Waals surface area contributed by atoms with Crippen molar-refractivity contribution < 1.29 is 0 Å². The van der Waals surface area contributed by atoms with Crippen LogP contribution in [0.3, 0.4) is 0 Å². The van der Waals surface area contributed by atoms with Gasteiger partial charge in [-0.25, -0.2) is 0 Å². The number of nitrogens with zero attached hydrogens (tertiary/aromatic N) is 1. The highest BCUT2D eigenvalue weighted by atomic mass is 15.2. The van der Waals surface area contributed by atoms with Crippen molar-refractivity contribution in [2.45, 2.75) is 51.5 Å². The second-order valence-corrected chi connectivity index (χ2v) is 6.64. The molecular formula is C18H28N2. The Kier molecular flexibility index (Phi) is 4.42. The molecule has 20 heavy (non-hydrogen) atoms. The molecule has 0 amide bonds. The summed E-state index contributed by atoms with van der Waals surface area (Å²) in [6, 6.07) is 7.91. The molecule has 110 valence electrons. The predicted molar refractivity (Wildman–Crippen MR) is 85.4 cm³/mol. The summed E-state index contributed by atoms with van der Waals surface area (Å²) < 4.78 is 0. The lowest BCUT2D eigenvalue weighted by molar-refractivity contribution is 0.127. The summed E-state index contributed by atoms with van der Waals surface area (Å²) in [4.78, 5) is 2.75. The number of likely N-dealkylation sites (tertiary alicyclic amines) is 1. The fourth-order valence-electron chi connectivity index (χ4n) is 3.79. The first-order chi connectivity index (χ1) is 9.74. The van der Waals surface area contributed by atoms with E-state index in [9.17, 15) is 0 Å². The van der Waals surface area contributed by atoms with Crippen molar-refractivity contribution in [1.82, 2.24) is 10.2 Å². The Labute approximate surface area is 123 Å². The summed E-state index contributed by atoms with van der Waals surface area (Å²) in [5.74, 6) is 0.785. The maximum atomic E-state index is 3.47. The molecule has 0 atom stereocenters. The van der Waals surface area contributed by atoms with Gasteiger partial charge in [-0.15, -0.1) is 0 Å². The van der Waals surface area contributed by atoms with Crippen molar-refractivity contribution in [3.63, 3.8) is 0 Å². The van der Waals surface area contributed by atoms with Gasteiger partial charge in [0, 0.05) is 6.04 Å². The minimum Gasteiger partial charge on any atom is -0.317 e. The lowest BCUT2D eigenvalue weighted by Gasteiger charge is -2.39. The molecule has 2 aliphatic heterocycles. The monoisotopic (exact) mass is 272 g/mol. The number of piperidine rings is 2. The minimum atomic E-state index is 0.785. The van der Waals surface area contributed by atoms with Crippen LogP contribution in [0.25, 0.3) is 0 Å². The standard InChI is InChI=1S/C18H28N2/c1-14-3-4-17(13-15(14)2)16-7-11-20(12-8-16)18-5-9-19-10-6-18/h3-4,13,16,18-19H,5-12H2,1-2H3. The van der Waals surface area contributed by atoms with E-state index >= 15 is 0 Å². The van der Waals surface area contributed by atoms with E-state index in [1.165, 1.54) is 63.0 Å². The Hall–Kier alpha value is -0.860. The van der Waals surface area contributed by atoms with Gasteiger partial charge in [0.05, 0.1) is 0 Å². The van der Waals surface area contributed by atoms with E-state index in [0.29, 0.717) is 0 Å². The highest BCUT2D eigenvalue weighted by Gasteiger charge is 2.26. The summed E-state index contributed by atoms with van der Waals surface area (Å²) in [6.45, 7) is 9.45. The van der Waals surface area contributed by atoms with Gasteiger partial charge in [0.1, 0.15) is 0 Å². The third kappa shape index (κ3) is 3.07. The van der Waals surface area contributed by atoms with Gasteiger partial charge in [-0.1, -0.05) is 18.2 Å². The van der Waals surface area contributed by atoms with E-state index in [0.717, 1.165) is 12.0 Å². The molecule has 3 rings (SSSR count). The first-order valence-electron chi connectivity index (χ1n) is 8.26. The minimum absolute atomic E-state index is 0.785. The highest BCUT2D eigenvalue weighted by Crippen LogP contribution is 2.30. The molecule has 0 spiro atoms. The number of hydrogen-bond donors (Lipinski definition) is 1. The van der Waals surface area contributed by atoms with E-state index in [2.05, 4.69) is 42.3 Å². The summed E-state index contributed by atoms with van der Waals surface area (Å²) >= 11 is 0. The molecular weight excluding hydrogens is 244 g/mol. The van der Waals surface area contributed by atoms with Crippen molar-refractivity contribution in [2.75, 3.05) is 26.2 Å². The number of rotatable bonds is 2. The van der Waals surface area contributed by atoms with Gasteiger partial charge in [0.25, 0.3) is 0 Å². The van der Waals surface area contributed by atoms with Crippen LogP contribution in [0, 0.1) is 13.8 Å². The average Bonchev–Trinajstić information content (AvgIpc) is 2.51. The molecule has 0 bridgehead atoms. The number of benzene rings is 1. The van der Waals surface area contributed by atoms with Crippen LogP contribution >= 0.6 is 0 Å². The van der Waals surface area contributed by atoms with E-state index in [-0.39, 0.29) is 0 Å². The first-order valence-corrected chi connectivity index (χ1v) is 8.26. The zero-order valence-electron chi connectivity index (χ0n) is 13.0. The summed E-state index contributed by atoms with van der Waals surface area (Å²) in [5, 5.41) is 3.47. The van der Waals surface area contributed by atoms with Crippen molar-refractivity contribution in [3.8, 4) is 0 Å². The molecule has 0 unspecified atom stereocenters. The third-order valence-electron chi connectivity index (χ3n) is 5.36. The molecule has 2 aliphatic rings. The molecule has 0 aromatic heterocycles. The molecule has 1 N–H and O–H groups in total. The normalized spacial score (nSPS) is 23.1. The van der Waals surface area contributed by atoms with Crippen molar-refractivity contribution in [2.24, 2.45) is 0 Å². The smallest absolute Gasteiger partial charge is 0.0119 e. The van der Waals surface area contributed by atoms with E-state index in [1.54, 1.807) is 5.56 Å². The van der Waals surface area contributed by atoms with E-state index in [1.807, 2.05) is 0 Å². The Morgan fingerprint density at radius 2 is 1.65 bits per heavy atom. The van der Waals surface area contributed by atoms with Crippen LogP contribution in [-0.4, -0.2) is 37.1 Å². The van der Waals surface area contributed by atoms with Crippen LogP contribution in [0.5, 0.6) is 0 Å². The number of nitrogens with one attached hydrogen (secondary N) is 1. The maximum Gasteiger partial charge on any atom is 0.0119 e. The third-order valence-corrected chi connectivity index (χ3v) is 5.36.